The quantitative estimate of drug-likeness (QED) is 0.345. The van der Waals surface area contributed by atoms with E-state index in [-0.39, 0.29) is 42.2 Å². The number of hydrogen-bond donors (Lipinski definition) is 1. The summed E-state index contributed by atoms with van der Waals surface area (Å²) < 4.78 is 14.1. The first-order valence-corrected chi connectivity index (χ1v) is 10.7. The number of hydrogen-bond acceptors (Lipinski definition) is 4. The van der Waals surface area contributed by atoms with Gasteiger partial charge in [-0.2, -0.15) is 0 Å². The first kappa shape index (κ1) is 24.4. The maximum Gasteiger partial charge on any atom is 0.243 e. The Morgan fingerprint density at radius 1 is 1.17 bits per heavy atom. The highest BCUT2D eigenvalue weighted by Gasteiger charge is 2.22. The van der Waals surface area contributed by atoms with Crippen molar-refractivity contribution < 1.29 is 9.18 Å². The standard InChI is InChI=1S/C21H28FN5OS.HI/c1-25(2)20(28)16-24-21(23-10-9-17-6-5-15-29-17)27-13-11-26(12-14-27)19-8-4-3-7-18(19)22;/h3-8,15H,9-14,16H2,1-2H3,(H,23,24);1H. The lowest BCUT2D eigenvalue weighted by Gasteiger charge is -2.37. The van der Waals surface area contributed by atoms with E-state index in [0.717, 1.165) is 32.0 Å². The lowest BCUT2D eigenvalue weighted by atomic mass is 10.2. The van der Waals surface area contributed by atoms with Crippen LogP contribution >= 0.6 is 35.3 Å². The number of rotatable bonds is 6. The van der Waals surface area contributed by atoms with Crippen LogP contribution in [0.5, 0.6) is 0 Å². The van der Waals surface area contributed by atoms with Crippen molar-refractivity contribution in [2.45, 2.75) is 6.42 Å². The summed E-state index contributed by atoms with van der Waals surface area (Å²) >= 11 is 1.74. The van der Waals surface area contributed by atoms with Gasteiger partial charge in [-0.05, 0) is 30.0 Å². The van der Waals surface area contributed by atoms with Gasteiger partial charge in [0.15, 0.2) is 5.96 Å². The van der Waals surface area contributed by atoms with E-state index in [2.05, 4.69) is 31.6 Å². The fourth-order valence-corrected chi connectivity index (χ4v) is 3.88. The van der Waals surface area contributed by atoms with Crippen LogP contribution in [0.15, 0.2) is 46.8 Å². The lowest BCUT2D eigenvalue weighted by molar-refractivity contribution is -0.127. The molecule has 0 spiro atoms. The zero-order valence-electron chi connectivity index (χ0n) is 17.4. The summed E-state index contributed by atoms with van der Waals surface area (Å²) in [5.41, 5.74) is 0.638. The number of anilines is 1. The molecule has 164 valence electrons. The van der Waals surface area contributed by atoms with Crippen molar-refractivity contribution in [3.8, 4) is 0 Å². The largest absolute Gasteiger partial charge is 0.366 e. The van der Waals surface area contributed by atoms with Crippen molar-refractivity contribution in [3.63, 3.8) is 0 Å². The Kier molecular flexibility index (Phi) is 9.83. The molecule has 0 aliphatic carbocycles. The monoisotopic (exact) mass is 545 g/mol. The Balaban J connectivity index is 0.00000320. The van der Waals surface area contributed by atoms with Crippen LogP contribution in [-0.4, -0.2) is 75.0 Å². The molecule has 3 rings (SSSR count). The number of halogens is 2. The third-order valence-corrected chi connectivity index (χ3v) is 5.81. The second-order valence-corrected chi connectivity index (χ2v) is 8.14. The fraction of sp³-hybridized carbons (Fsp3) is 0.429. The summed E-state index contributed by atoms with van der Waals surface area (Å²) in [7, 11) is 3.46. The molecule has 0 atom stereocenters. The van der Waals surface area contributed by atoms with E-state index in [1.165, 1.54) is 10.9 Å². The van der Waals surface area contributed by atoms with E-state index in [1.54, 1.807) is 36.4 Å². The van der Waals surface area contributed by atoms with Gasteiger partial charge in [-0.25, -0.2) is 9.38 Å². The summed E-state index contributed by atoms with van der Waals surface area (Å²) in [6.07, 6.45) is 0.910. The zero-order chi connectivity index (χ0) is 20.6. The van der Waals surface area contributed by atoms with Crippen molar-refractivity contribution in [3.05, 3.63) is 52.5 Å². The average molecular weight is 545 g/mol. The lowest BCUT2D eigenvalue weighted by Crippen LogP contribution is -2.53. The van der Waals surface area contributed by atoms with Crippen molar-refractivity contribution in [2.75, 3.05) is 58.3 Å². The van der Waals surface area contributed by atoms with Gasteiger partial charge in [0.1, 0.15) is 12.4 Å². The first-order valence-electron chi connectivity index (χ1n) is 9.80. The Morgan fingerprint density at radius 3 is 2.53 bits per heavy atom. The molecule has 30 heavy (non-hydrogen) atoms. The predicted octanol–water partition coefficient (Wildman–Crippen LogP) is 2.90. The smallest absolute Gasteiger partial charge is 0.243 e. The number of carbonyl (C=O) groups is 1. The van der Waals surface area contributed by atoms with E-state index >= 15 is 0 Å². The van der Waals surface area contributed by atoms with Gasteiger partial charge in [-0.15, -0.1) is 35.3 Å². The van der Waals surface area contributed by atoms with E-state index in [1.807, 2.05) is 18.2 Å². The van der Waals surface area contributed by atoms with Gasteiger partial charge in [-0.1, -0.05) is 18.2 Å². The summed E-state index contributed by atoms with van der Waals surface area (Å²) in [6.45, 7) is 3.71. The maximum atomic E-state index is 14.1. The number of thiophene rings is 1. The first-order chi connectivity index (χ1) is 14.0. The van der Waals surface area contributed by atoms with Crippen LogP contribution in [0.25, 0.3) is 0 Å². The molecule has 1 aliphatic heterocycles. The molecule has 1 amide bonds. The molecule has 6 nitrogen and oxygen atoms in total. The van der Waals surface area contributed by atoms with Gasteiger partial charge in [0.05, 0.1) is 5.69 Å². The molecule has 1 aliphatic rings. The van der Waals surface area contributed by atoms with E-state index in [9.17, 15) is 9.18 Å². The number of likely N-dealkylation sites (N-methyl/N-ethyl adjacent to an activating group) is 1. The predicted molar refractivity (Wildman–Crippen MR) is 133 cm³/mol. The minimum atomic E-state index is -0.194. The van der Waals surface area contributed by atoms with Gasteiger partial charge in [0.2, 0.25) is 5.91 Å². The Hall–Kier alpha value is -1.88. The topological polar surface area (TPSA) is 51.2 Å². The van der Waals surface area contributed by atoms with Gasteiger partial charge >= 0.3 is 0 Å². The molecule has 1 aromatic carbocycles. The number of aliphatic imine (C=N–C) groups is 1. The average Bonchev–Trinajstić information content (AvgIpc) is 3.24. The van der Waals surface area contributed by atoms with Crippen molar-refractivity contribution in [1.29, 1.82) is 0 Å². The van der Waals surface area contributed by atoms with E-state index in [4.69, 9.17) is 0 Å². The SMILES string of the molecule is CN(C)C(=O)CN=C(NCCc1cccs1)N1CCN(c2ccccc2F)CC1.I. The summed E-state index contributed by atoms with van der Waals surface area (Å²) in [5, 5.41) is 5.48. The molecule has 1 aromatic heterocycles. The summed E-state index contributed by atoms with van der Waals surface area (Å²) in [4.78, 5) is 23.6. The van der Waals surface area contributed by atoms with E-state index in [0.29, 0.717) is 18.8 Å². The van der Waals surface area contributed by atoms with Crippen LogP contribution in [0.1, 0.15) is 4.88 Å². The van der Waals surface area contributed by atoms with Crippen LogP contribution in [-0.2, 0) is 11.2 Å². The van der Waals surface area contributed by atoms with Crippen molar-refractivity contribution >= 4 is 52.9 Å². The molecule has 2 heterocycles. The molecular weight excluding hydrogens is 516 g/mol. The molecule has 9 heteroatoms. The molecule has 0 radical (unpaired) electrons. The minimum absolute atomic E-state index is 0. The number of piperazine rings is 1. The molecule has 1 N–H and O–H groups in total. The fourth-order valence-electron chi connectivity index (χ4n) is 3.17. The van der Waals surface area contributed by atoms with Gasteiger partial charge in [-0.3, -0.25) is 4.79 Å². The second-order valence-electron chi connectivity index (χ2n) is 7.11. The number of benzene rings is 1. The summed E-state index contributed by atoms with van der Waals surface area (Å²) in [6, 6.07) is 11.0. The maximum absolute atomic E-state index is 14.1. The molecule has 0 unspecified atom stereocenters. The van der Waals surface area contributed by atoms with Gasteiger partial charge < -0.3 is 20.0 Å². The van der Waals surface area contributed by atoms with Crippen LogP contribution < -0.4 is 10.2 Å². The molecule has 1 saturated heterocycles. The van der Waals surface area contributed by atoms with Gasteiger partial charge in [0.25, 0.3) is 0 Å². The van der Waals surface area contributed by atoms with Crippen LogP contribution in [0.4, 0.5) is 10.1 Å². The molecule has 0 bridgehead atoms. The van der Waals surface area contributed by atoms with Crippen LogP contribution in [0.3, 0.4) is 0 Å². The number of carbonyl (C=O) groups excluding carboxylic acids is 1. The third kappa shape index (κ3) is 6.83. The van der Waals surface area contributed by atoms with E-state index < -0.39 is 0 Å². The number of para-hydroxylation sites is 1. The normalized spacial score (nSPS) is 14.3. The molecule has 2 aromatic rings. The second kappa shape index (κ2) is 12.1. The molecular formula is C21H29FIN5OS. The number of nitrogens with zero attached hydrogens (tertiary/aromatic N) is 4. The number of nitrogens with one attached hydrogen (secondary N) is 1. The molecule has 0 saturated carbocycles. The Morgan fingerprint density at radius 2 is 1.90 bits per heavy atom. The number of amides is 1. The number of guanidine groups is 1. The van der Waals surface area contributed by atoms with Crippen LogP contribution in [0.2, 0.25) is 0 Å². The van der Waals surface area contributed by atoms with Gasteiger partial charge in [0, 0.05) is 51.7 Å². The highest BCUT2D eigenvalue weighted by Crippen LogP contribution is 2.20. The zero-order valence-corrected chi connectivity index (χ0v) is 20.5. The highest BCUT2D eigenvalue weighted by molar-refractivity contribution is 14.0. The minimum Gasteiger partial charge on any atom is -0.366 e. The van der Waals surface area contributed by atoms with Crippen molar-refractivity contribution in [1.82, 2.24) is 15.1 Å². The van der Waals surface area contributed by atoms with Crippen molar-refractivity contribution in [2.24, 2.45) is 4.99 Å². The summed E-state index contributed by atoms with van der Waals surface area (Å²) in [5.74, 6) is 0.512. The Labute approximate surface area is 198 Å². The molecule has 1 fully saturated rings. The Bertz CT molecular complexity index is 823. The highest BCUT2D eigenvalue weighted by atomic mass is 127. The van der Waals surface area contributed by atoms with Crippen LogP contribution in [0, 0.1) is 5.82 Å². The third-order valence-electron chi connectivity index (χ3n) is 4.87.